The van der Waals surface area contributed by atoms with Crippen LogP contribution < -0.4 is 4.74 Å². The van der Waals surface area contributed by atoms with Gasteiger partial charge in [-0.05, 0) is 108 Å². The number of carbonyl (C=O) groups excluding carboxylic acids is 2. The standard InChI is InChI=1S/C45H48N2O6Si/c1-26-33-23-29(28-17-13-10-14-18-28)19-20-30(33)21-31-22-32-24-34-38(47(5)6)40-37(43(46-52-40)51-25-27-15-11-9-12-16-27)42(50)45(34,53-54(7,8)44(2,3)4)41(49)36(32)39(48)35(26)31/h9-21,23,32,34,38,48H,22,24-25H2,1-8H3/t32-,34-,38-,45-/m0/s1. The number of hydrogen-bond acceptors (Lipinski definition) is 8. The van der Waals surface area contributed by atoms with Gasteiger partial charge in [0, 0.05) is 17.1 Å². The van der Waals surface area contributed by atoms with Crippen LogP contribution in [0.5, 0.6) is 5.88 Å². The smallest absolute Gasteiger partial charge is 0.265 e. The number of Topliss-reactive ketones (excluding diaryl/α,β-unsaturated/α-hetero) is 2. The summed E-state index contributed by atoms with van der Waals surface area (Å²) >= 11 is 0. The third kappa shape index (κ3) is 5.50. The van der Waals surface area contributed by atoms with Gasteiger partial charge in [-0.25, -0.2) is 0 Å². The summed E-state index contributed by atoms with van der Waals surface area (Å²) in [6.45, 7) is 12.6. The van der Waals surface area contributed by atoms with Crippen molar-refractivity contribution in [3.8, 4) is 17.0 Å². The maximum absolute atomic E-state index is 15.7. The molecular weight excluding hydrogens is 693 g/mol. The fourth-order valence-corrected chi connectivity index (χ4v) is 10.3. The Morgan fingerprint density at radius 2 is 1.61 bits per heavy atom. The predicted molar refractivity (Wildman–Crippen MR) is 213 cm³/mol. The number of hydrogen-bond donors (Lipinski definition) is 1. The van der Waals surface area contributed by atoms with Gasteiger partial charge in [-0.2, -0.15) is 0 Å². The normalized spacial score (nSPS) is 22.6. The van der Waals surface area contributed by atoms with Gasteiger partial charge >= 0.3 is 0 Å². The van der Waals surface area contributed by atoms with Crippen molar-refractivity contribution in [2.24, 2.45) is 11.8 Å². The van der Waals surface area contributed by atoms with E-state index in [2.05, 4.69) is 75.4 Å². The summed E-state index contributed by atoms with van der Waals surface area (Å²) in [5, 5.41) is 18.5. The molecule has 5 aromatic rings. The Morgan fingerprint density at radius 3 is 2.28 bits per heavy atom. The van der Waals surface area contributed by atoms with E-state index < -0.39 is 37.4 Å². The first kappa shape index (κ1) is 36.2. The van der Waals surface area contributed by atoms with Gasteiger partial charge in [-0.3, -0.25) is 14.5 Å². The molecular formula is C45H48N2O6Si. The number of ketones is 2. The molecule has 8 nitrogen and oxygen atoms in total. The Kier molecular flexibility index (Phi) is 8.63. The number of nitrogens with zero attached hydrogens (tertiary/aromatic N) is 2. The molecule has 9 heteroatoms. The average Bonchev–Trinajstić information content (AvgIpc) is 3.55. The van der Waals surface area contributed by atoms with Gasteiger partial charge in [0.1, 0.15) is 17.9 Å². The molecule has 8 rings (SSSR count). The summed E-state index contributed by atoms with van der Waals surface area (Å²) in [6.07, 6.45) is 0.978. The zero-order chi connectivity index (χ0) is 38.3. The molecule has 278 valence electrons. The number of benzene rings is 4. The van der Waals surface area contributed by atoms with Gasteiger partial charge in [-0.1, -0.05) is 99.6 Å². The van der Waals surface area contributed by atoms with E-state index in [0.717, 1.165) is 38.6 Å². The molecule has 0 saturated heterocycles. The van der Waals surface area contributed by atoms with Crippen LogP contribution in [-0.2, 0) is 22.2 Å². The largest absolute Gasteiger partial charge is 0.507 e. The van der Waals surface area contributed by atoms with E-state index in [-0.39, 0.29) is 40.3 Å². The highest BCUT2D eigenvalue weighted by Crippen LogP contribution is 2.59. The molecule has 4 aromatic carbocycles. The van der Waals surface area contributed by atoms with E-state index in [1.165, 1.54) is 0 Å². The topological polar surface area (TPSA) is 102 Å². The lowest BCUT2D eigenvalue weighted by Gasteiger charge is -2.55. The number of rotatable bonds is 7. The Balaban J connectivity index is 1.31. The van der Waals surface area contributed by atoms with Crippen LogP contribution in [0.2, 0.25) is 18.1 Å². The number of ether oxygens (including phenoxy) is 1. The van der Waals surface area contributed by atoms with Crippen molar-refractivity contribution in [2.45, 2.75) is 76.9 Å². The minimum absolute atomic E-state index is 0.0426. The van der Waals surface area contributed by atoms with Crippen molar-refractivity contribution in [3.63, 3.8) is 0 Å². The molecule has 1 fully saturated rings. The fraction of sp³-hybridized carbons (Fsp3) is 0.356. The van der Waals surface area contributed by atoms with Gasteiger partial charge in [-0.15, -0.1) is 0 Å². The first-order chi connectivity index (χ1) is 25.6. The van der Waals surface area contributed by atoms with Gasteiger partial charge in [0.05, 0.1) is 6.04 Å². The number of aliphatic hydroxyl groups excluding tert-OH is 1. The van der Waals surface area contributed by atoms with Gasteiger partial charge in [0.2, 0.25) is 11.6 Å². The first-order valence-electron chi connectivity index (χ1n) is 18.8. The molecule has 0 spiro atoms. The van der Waals surface area contributed by atoms with Crippen LogP contribution in [0.4, 0.5) is 0 Å². The molecule has 1 N–H and O–H groups in total. The summed E-state index contributed by atoms with van der Waals surface area (Å²) in [5.74, 6) is -1.55. The van der Waals surface area contributed by atoms with E-state index in [1.54, 1.807) is 0 Å². The van der Waals surface area contributed by atoms with Crippen LogP contribution in [0.3, 0.4) is 0 Å². The number of aryl methyl sites for hydroxylation is 1. The molecule has 3 aliphatic carbocycles. The van der Waals surface area contributed by atoms with Crippen LogP contribution >= 0.6 is 0 Å². The van der Waals surface area contributed by atoms with Gasteiger partial charge < -0.3 is 18.8 Å². The summed E-state index contributed by atoms with van der Waals surface area (Å²) < 4.78 is 19.5. The second kappa shape index (κ2) is 12.9. The fourth-order valence-electron chi connectivity index (χ4n) is 8.81. The molecule has 1 aromatic heterocycles. The van der Waals surface area contributed by atoms with Crippen molar-refractivity contribution in [1.82, 2.24) is 10.1 Å². The molecule has 3 aliphatic rings. The molecule has 0 radical (unpaired) electrons. The van der Waals surface area contributed by atoms with Crippen molar-refractivity contribution in [2.75, 3.05) is 14.1 Å². The summed E-state index contributed by atoms with van der Waals surface area (Å²) in [7, 11) is 1.02. The van der Waals surface area contributed by atoms with E-state index in [1.807, 2.05) is 74.4 Å². The van der Waals surface area contributed by atoms with E-state index in [9.17, 15) is 5.11 Å². The zero-order valence-electron chi connectivity index (χ0n) is 32.3. The molecule has 0 bridgehead atoms. The maximum atomic E-state index is 15.7. The van der Waals surface area contributed by atoms with Crippen LogP contribution in [0, 0.1) is 18.8 Å². The Labute approximate surface area is 317 Å². The first-order valence-corrected chi connectivity index (χ1v) is 21.7. The summed E-state index contributed by atoms with van der Waals surface area (Å²) in [5.41, 5.74) is 4.11. The number of carbonyl (C=O) groups is 2. The lowest BCUT2D eigenvalue weighted by Crippen LogP contribution is -2.68. The lowest BCUT2D eigenvalue weighted by molar-refractivity contribution is -0.140. The van der Waals surface area contributed by atoms with Crippen LogP contribution in [0.25, 0.3) is 27.7 Å². The minimum Gasteiger partial charge on any atom is -0.507 e. The zero-order valence-corrected chi connectivity index (χ0v) is 33.3. The second-order valence-corrected chi connectivity index (χ2v) is 21.7. The Morgan fingerprint density at radius 1 is 0.926 bits per heavy atom. The molecule has 1 saturated carbocycles. The maximum Gasteiger partial charge on any atom is 0.265 e. The van der Waals surface area contributed by atoms with Crippen LogP contribution in [-0.4, -0.2) is 54.7 Å². The summed E-state index contributed by atoms with van der Waals surface area (Å²) in [4.78, 5) is 33.2. The predicted octanol–water partition coefficient (Wildman–Crippen LogP) is 9.67. The summed E-state index contributed by atoms with van der Waals surface area (Å²) in [6, 6.07) is 27.9. The molecule has 0 unspecified atom stereocenters. The third-order valence-electron chi connectivity index (χ3n) is 12.5. The van der Waals surface area contributed by atoms with Crippen molar-refractivity contribution in [1.29, 1.82) is 0 Å². The van der Waals surface area contributed by atoms with Crippen molar-refractivity contribution < 1.29 is 28.4 Å². The number of aromatic nitrogens is 1. The molecule has 1 heterocycles. The lowest BCUT2D eigenvalue weighted by atomic mass is 9.57. The average molecular weight is 741 g/mol. The Bertz CT molecular complexity index is 2340. The monoisotopic (exact) mass is 740 g/mol. The highest BCUT2D eigenvalue weighted by Gasteiger charge is 2.68. The van der Waals surface area contributed by atoms with Gasteiger partial charge in [0.15, 0.2) is 19.7 Å². The van der Waals surface area contributed by atoms with E-state index in [4.69, 9.17) is 13.7 Å². The molecule has 54 heavy (non-hydrogen) atoms. The molecule has 0 amide bonds. The third-order valence-corrected chi connectivity index (χ3v) is 16.9. The number of fused-ring (bicyclic) bond motifs is 5. The molecule has 4 atom stereocenters. The quantitative estimate of drug-likeness (QED) is 0.130. The SMILES string of the molecule is Cc1c2c(cc3ccc(-c4ccccc4)cc13)C[C@H]1C[C@H]3[C@H](N(C)C)c4onc(OCc5ccccc5)c4C(=O)[C@@]3(O[Si](C)(C)C(C)(C)C)C(=O)C1=C2O. The highest BCUT2D eigenvalue weighted by molar-refractivity contribution is 6.74. The second-order valence-electron chi connectivity index (χ2n) is 17.0. The van der Waals surface area contributed by atoms with Crippen LogP contribution in [0.15, 0.2) is 95.0 Å². The molecule has 0 aliphatic heterocycles. The van der Waals surface area contributed by atoms with E-state index in [0.29, 0.717) is 24.2 Å². The van der Waals surface area contributed by atoms with E-state index >= 15 is 9.59 Å². The van der Waals surface area contributed by atoms with Crippen LogP contribution in [0.1, 0.15) is 71.6 Å². The minimum atomic E-state index is -2.84. The van der Waals surface area contributed by atoms with Crippen molar-refractivity contribution >= 4 is 36.4 Å². The van der Waals surface area contributed by atoms with Crippen molar-refractivity contribution in [3.05, 3.63) is 124 Å². The highest BCUT2D eigenvalue weighted by atomic mass is 28.4. The van der Waals surface area contributed by atoms with Gasteiger partial charge in [0.25, 0.3) is 5.88 Å². The number of aliphatic hydroxyl groups is 1. The Hall–Kier alpha value is -4.83.